The minimum absolute atomic E-state index is 0.463. The molecule has 0 fully saturated rings. The van der Waals surface area contributed by atoms with Gasteiger partial charge in [0.15, 0.2) is 5.13 Å². The Labute approximate surface area is 120 Å². The molecule has 0 aliphatic heterocycles. The molecule has 0 atom stereocenters. The molecule has 1 aromatic carbocycles. The van der Waals surface area contributed by atoms with Crippen LogP contribution in [-0.2, 0) is 0 Å². The first-order valence-electron chi connectivity index (χ1n) is 6.19. The first kappa shape index (κ1) is 12.8. The standard InChI is InChI=1S/C14H14N4OS/c1-7-4-5-10(6-8(7)2)12-17-13(19-18-12)11-9(3)16-14(15)20-11/h4-6H,1-3H3,(H2,15,16). The van der Waals surface area contributed by atoms with Crippen molar-refractivity contribution in [3.63, 3.8) is 0 Å². The SMILES string of the molecule is Cc1ccc(-c2noc(-c3sc(N)nc3C)n2)cc1C. The van der Waals surface area contributed by atoms with Crippen molar-refractivity contribution in [1.29, 1.82) is 0 Å². The molecule has 20 heavy (non-hydrogen) atoms. The quantitative estimate of drug-likeness (QED) is 0.781. The topological polar surface area (TPSA) is 77.8 Å². The normalized spacial score (nSPS) is 10.9. The number of rotatable bonds is 2. The van der Waals surface area contributed by atoms with Crippen LogP contribution in [0.1, 0.15) is 16.8 Å². The Morgan fingerprint density at radius 2 is 1.90 bits per heavy atom. The van der Waals surface area contributed by atoms with Gasteiger partial charge in [-0.1, -0.05) is 28.6 Å². The minimum atomic E-state index is 0.463. The van der Waals surface area contributed by atoms with Crippen LogP contribution in [0.3, 0.4) is 0 Å². The highest BCUT2D eigenvalue weighted by atomic mass is 32.1. The monoisotopic (exact) mass is 286 g/mol. The Kier molecular flexibility index (Phi) is 3.02. The van der Waals surface area contributed by atoms with Crippen molar-refractivity contribution in [2.75, 3.05) is 5.73 Å². The molecule has 6 heteroatoms. The average molecular weight is 286 g/mol. The number of nitrogen functional groups attached to an aromatic ring is 1. The third-order valence-corrected chi connectivity index (χ3v) is 4.17. The van der Waals surface area contributed by atoms with Crippen LogP contribution in [0, 0.1) is 20.8 Å². The summed E-state index contributed by atoms with van der Waals surface area (Å²) in [6.07, 6.45) is 0. The number of aryl methyl sites for hydroxylation is 3. The maximum absolute atomic E-state index is 5.69. The van der Waals surface area contributed by atoms with E-state index in [-0.39, 0.29) is 0 Å². The van der Waals surface area contributed by atoms with E-state index in [2.05, 4.69) is 41.1 Å². The molecule has 2 heterocycles. The number of benzene rings is 1. The average Bonchev–Trinajstić information content (AvgIpc) is 2.99. The third kappa shape index (κ3) is 2.18. The number of anilines is 1. The van der Waals surface area contributed by atoms with Crippen LogP contribution < -0.4 is 5.73 Å². The molecule has 102 valence electrons. The second kappa shape index (κ2) is 4.72. The van der Waals surface area contributed by atoms with Crippen LogP contribution in [0.2, 0.25) is 0 Å². The van der Waals surface area contributed by atoms with Gasteiger partial charge in [-0.2, -0.15) is 4.98 Å². The number of hydrogen-bond donors (Lipinski definition) is 1. The first-order valence-corrected chi connectivity index (χ1v) is 7.01. The van der Waals surface area contributed by atoms with Gasteiger partial charge in [-0.05, 0) is 38.0 Å². The molecule has 0 amide bonds. The number of thiazole rings is 1. The van der Waals surface area contributed by atoms with E-state index < -0.39 is 0 Å². The number of nitrogens with two attached hydrogens (primary N) is 1. The van der Waals surface area contributed by atoms with Crippen molar-refractivity contribution >= 4 is 16.5 Å². The fourth-order valence-electron chi connectivity index (χ4n) is 1.93. The predicted molar refractivity (Wildman–Crippen MR) is 79.5 cm³/mol. The van der Waals surface area contributed by atoms with Crippen LogP contribution in [0.25, 0.3) is 22.2 Å². The van der Waals surface area contributed by atoms with E-state index in [0.29, 0.717) is 16.8 Å². The molecule has 0 spiro atoms. The van der Waals surface area contributed by atoms with Gasteiger partial charge < -0.3 is 10.3 Å². The lowest BCUT2D eigenvalue weighted by atomic mass is 10.1. The van der Waals surface area contributed by atoms with Gasteiger partial charge in [0, 0.05) is 5.56 Å². The fourth-order valence-corrected chi connectivity index (χ4v) is 2.68. The summed E-state index contributed by atoms with van der Waals surface area (Å²) in [5.41, 5.74) is 9.88. The third-order valence-electron chi connectivity index (χ3n) is 3.20. The van der Waals surface area contributed by atoms with Gasteiger partial charge in [0.1, 0.15) is 4.88 Å². The minimum Gasteiger partial charge on any atom is -0.375 e. The van der Waals surface area contributed by atoms with Crippen molar-refractivity contribution < 1.29 is 4.52 Å². The maximum atomic E-state index is 5.69. The summed E-state index contributed by atoms with van der Waals surface area (Å²) >= 11 is 1.35. The Morgan fingerprint density at radius 1 is 1.10 bits per heavy atom. The Morgan fingerprint density at radius 3 is 2.55 bits per heavy atom. The molecule has 0 saturated carbocycles. The lowest BCUT2D eigenvalue weighted by Crippen LogP contribution is -1.85. The highest BCUT2D eigenvalue weighted by Gasteiger charge is 2.16. The van der Waals surface area contributed by atoms with Crippen LogP contribution in [0.5, 0.6) is 0 Å². The molecule has 0 aliphatic carbocycles. The largest absolute Gasteiger partial charge is 0.375 e. The van der Waals surface area contributed by atoms with Crippen LogP contribution in [0.15, 0.2) is 22.7 Å². The molecule has 0 bridgehead atoms. The molecule has 0 aliphatic rings. The van der Waals surface area contributed by atoms with Gasteiger partial charge in [0.05, 0.1) is 5.69 Å². The van der Waals surface area contributed by atoms with Crippen molar-refractivity contribution in [1.82, 2.24) is 15.1 Å². The molecule has 2 aromatic heterocycles. The second-order valence-electron chi connectivity index (χ2n) is 4.69. The van der Waals surface area contributed by atoms with E-state index in [4.69, 9.17) is 10.3 Å². The Hall–Kier alpha value is -2.21. The van der Waals surface area contributed by atoms with Crippen LogP contribution in [0.4, 0.5) is 5.13 Å². The molecule has 5 nitrogen and oxygen atoms in total. The zero-order chi connectivity index (χ0) is 14.3. The zero-order valence-corrected chi connectivity index (χ0v) is 12.3. The molecule has 3 aromatic rings. The van der Waals surface area contributed by atoms with Crippen molar-refractivity contribution in [3.05, 3.63) is 35.0 Å². The summed E-state index contributed by atoms with van der Waals surface area (Å²) in [4.78, 5) is 9.42. The summed E-state index contributed by atoms with van der Waals surface area (Å²) < 4.78 is 5.32. The van der Waals surface area contributed by atoms with Crippen LogP contribution in [-0.4, -0.2) is 15.1 Å². The number of aromatic nitrogens is 3. The van der Waals surface area contributed by atoms with Crippen molar-refractivity contribution in [2.24, 2.45) is 0 Å². The summed E-state index contributed by atoms with van der Waals surface area (Å²) in [5.74, 6) is 1.04. The Balaban J connectivity index is 2.01. The summed E-state index contributed by atoms with van der Waals surface area (Å²) in [6.45, 7) is 6.01. The van der Waals surface area contributed by atoms with Gasteiger partial charge in [-0.15, -0.1) is 0 Å². The summed E-state index contributed by atoms with van der Waals surface area (Å²) in [7, 11) is 0. The molecule has 0 radical (unpaired) electrons. The van der Waals surface area contributed by atoms with Gasteiger partial charge in [0.25, 0.3) is 5.89 Å². The second-order valence-corrected chi connectivity index (χ2v) is 5.72. The summed E-state index contributed by atoms with van der Waals surface area (Å²) in [5, 5.41) is 4.54. The van der Waals surface area contributed by atoms with E-state index in [9.17, 15) is 0 Å². The molecular weight excluding hydrogens is 272 g/mol. The Bertz CT molecular complexity index is 775. The van der Waals surface area contributed by atoms with Gasteiger partial charge in [-0.25, -0.2) is 4.98 Å². The van der Waals surface area contributed by atoms with E-state index in [1.54, 1.807) is 0 Å². The maximum Gasteiger partial charge on any atom is 0.270 e. The van der Waals surface area contributed by atoms with E-state index >= 15 is 0 Å². The van der Waals surface area contributed by atoms with E-state index in [1.165, 1.54) is 22.5 Å². The smallest absolute Gasteiger partial charge is 0.270 e. The molecule has 0 saturated heterocycles. The first-order chi connectivity index (χ1) is 9.54. The van der Waals surface area contributed by atoms with Gasteiger partial charge >= 0.3 is 0 Å². The lowest BCUT2D eigenvalue weighted by Gasteiger charge is -2.00. The fraction of sp³-hybridized carbons (Fsp3) is 0.214. The van der Waals surface area contributed by atoms with Crippen LogP contribution >= 0.6 is 11.3 Å². The molecule has 0 unspecified atom stereocenters. The van der Waals surface area contributed by atoms with Crippen molar-refractivity contribution in [2.45, 2.75) is 20.8 Å². The molecule has 3 rings (SSSR count). The van der Waals surface area contributed by atoms with E-state index in [1.807, 2.05) is 13.0 Å². The van der Waals surface area contributed by atoms with E-state index in [0.717, 1.165) is 16.1 Å². The van der Waals surface area contributed by atoms with Gasteiger partial charge in [-0.3, -0.25) is 0 Å². The highest BCUT2D eigenvalue weighted by Crippen LogP contribution is 2.31. The highest BCUT2D eigenvalue weighted by molar-refractivity contribution is 7.18. The molecular formula is C14H14N4OS. The predicted octanol–water partition coefficient (Wildman–Crippen LogP) is 3.37. The summed E-state index contributed by atoms with van der Waals surface area (Å²) in [6, 6.07) is 6.10. The lowest BCUT2D eigenvalue weighted by molar-refractivity contribution is 0.433. The van der Waals surface area contributed by atoms with Gasteiger partial charge in [0.2, 0.25) is 5.82 Å². The van der Waals surface area contributed by atoms with Crippen molar-refractivity contribution in [3.8, 4) is 22.2 Å². The number of hydrogen-bond acceptors (Lipinski definition) is 6. The number of nitrogens with zero attached hydrogens (tertiary/aromatic N) is 3. The zero-order valence-electron chi connectivity index (χ0n) is 11.5. The molecule has 2 N–H and O–H groups in total.